The van der Waals surface area contributed by atoms with E-state index >= 15 is 0 Å². The van der Waals surface area contributed by atoms with Gasteiger partial charge in [-0.15, -0.1) is 0 Å². The molecule has 0 aliphatic rings. The summed E-state index contributed by atoms with van der Waals surface area (Å²) in [6, 6.07) is 6.59. The van der Waals surface area contributed by atoms with Crippen LogP contribution in [0.25, 0.3) is 22.3 Å². The van der Waals surface area contributed by atoms with Gasteiger partial charge in [-0.3, -0.25) is 4.98 Å². The van der Waals surface area contributed by atoms with Gasteiger partial charge in [0, 0.05) is 42.2 Å². The molecule has 28 heavy (non-hydrogen) atoms. The molecule has 4 heteroatoms. The van der Waals surface area contributed by atoms with E-state index in [-0.39, 0.29) is 6.61 Å². The highest BCUT2D eigenvalue weighted by molar-refractivity contribution is 5.85. The van der Waals surface area contributed by atoms with E-state index in [4.69, 9.17) is 9.97 Å². The highest BCUT2D eigenvalue weighted by Gasteiger charge is 2.19. The van der Waals surface area contributed by atoms with Crippen LogP contribution in [-0.2, 0) is 13.5 Å². The van der Waals surface area contributed by atoms with E-state index in [1.54, 1.807) is 0 Å². The molecule has 0 aliphatic heterocycles. The number of hydrogen-bond donors (Lipinski definition) is 1. The molecule has 0 fully saturated rings. The third-order valence-electron chi connectivity index (χ3n) is 5.76. The predicted molar refractivity (Wildman–Crippen MR) is 117 cm³/mol. The molecular weight excluding hydrogens is 346 g/mol. The number of aryl methyl sites for hydroxylation is 3. The summed E-state index contributed by atoms with van der Waals surface area (Å²) in [4.78, 5) is 9.99. The lowest BCUT2D eigenvalue weighted by Gasteiger charge is -2.15. The number of aromatic nitrogens is 3. The number of aliphatic hydroxyl groups excluding tert-OH is 1. The highest BCUT2D eigenvalue weighted by Crippen LogP contribution is 2.34. The van der Waals surface area contributed by atoms with Crippen molar-refractivity contribution < 1.29 is 5.11 Å². The number of aliphatic hydroxyl groups is 1. The molecule has 3 rings (SSSR count). The van der Waals surface area contributed by atoms with E-state index in [0.717, 1.165) is 47.6 Å². The fourth-order valence-electron chi connectivity index (χ4n) is 4.08. The van der Waals surface area contributed by atoms with Crippen LogP contribution in [0.5, 0.6) is 0 Å². The van der Waals surface area contributed by atoms with E-state index in [2.05, 4.69) is 70.6 Å². The van der Waals surface area contributed by atoms with Gasteiger partial charge >= 0.3 is 0 Å². The molecule has 3 aromatic heterocycles. The number of hydrogen-bond acceptors (Lipinski definition) is 3. The molecule has 0 spiro atoms. The Morgan fingerprint density at radius 3 is 2.50 bits per heavy atom. The molecule has 4 nitrogen and oxygen atoms in total. The minimum Gasteiger partial charge on any atom is -0.396 e. The summed E-state index contributed by atoms with van der Waals surface area (Å²) in [5.41, 5.74) is 7.87. The van der Waals surface area contributed by atoms with Crippen LogP contribution >= 0.6 is 0 Å². The van der Waals surface area contributed by atoms with Gasteiger partial charge in [-0.2, -0.15) is 0 Å². The number of fused-ring (bicyclic) bond motifs is 1. The second kappa shape index (κ2) is 8.44. The van der Waals surface area contributed by atoms with Crippen molar-refractivity contribution in [2.45, 2.75) is 65.7 Å². The smallest absolute Gasteiger partial charge is 0.140 e. The summed E-state index contributed by atoms with van der Waals surface area (Å²) < 4.78 is 2.12. The van der Waals surface area contributed by atoms with Crippen LogP contribution in [0.1, 0.15) is 74.9 Å². The maximum Gasteiger partial charge on any atom is 0.140 e. The lowest BCUT2D eigenvalue weighted by Crippen LogP contribution is -2.02. The lowest BCUT2D eigenvalue weighted by atomic mass is 9.92. The third kappa shape index (κ3) is 3.70. The molecule has 0 saturated carbocycles. The highest BCUT2D eigenvalue weighted by atomic mass is 16.3. The largest absolute Gasteiger partial charge is 0.396 e. The molecular formula is C24H33N3O. The fourth-order valence-corrected chi connectivity index (χ4v) is 4.08. The Morgan fingerprint density at radius 2 is 1.89 bits per heavy atom. The molecule has 0 amide bonds. The van der Waals surface area contributed by atoms with Crippen molar-refractivity contribution in [3.63, 3.8) is 0 Å². The van der Waals surface area contributed by atoms with E-state index in [1.807, 2.05) is 0 Å². The normalized spacial score (nSPS) is 12.9. The Bertz CT molecular complexity index is 972. The summed E-state index contributed by atoms with van der Waals surface area (Å²) in [6.07, 6.45) is 4.88. The van der Waals surface area contributed by atoms with Crippen LogP contribution in [0.3, 0.4) is 0 Å². The molecule has 3 aromatic rings. The molecule has 0 aromatic carbocycles. The van der Waals surface area contributed by atoms with Crippen molar-refractivity contribution >= 4 is 11.0 Å². The molecule has 0 saturated heterocycles. The minimum absolute atomic E-state index is 0.215. The van der Waals surface area contributed by atoms with Crippen LogP contribution in [-0.4, -0.2) is 26.2 Å². The quantitative estimate of drug-likeness (QED) is 0.589. The van der Waals surface area contributed by atoms with E-state index in [1.165, 1.54) is 16.5 Å². The molecule has 1 N–H and O–H groups in total. The van der Waals surface area contributed by atoms with Gasteiger partial charge in [0.05, 0.1) is 5.69 Å². The zero-order valence-corrected chi connectivity index (χ0v) is 18.1. The van der Waals surface area contributed by atoms with Gasteiger partial charge in [0.15, 0.2) is 0 Å². The molecule has 0 bridgehead atoms. The van der Waals surface area contributed by atoms with Crippen LogP contribution in [0, 0.1) is 6.92 Å². The molecule has 1 atom stereocenters. The van der Waals surface area contributed by atoms with Crippen molar-refractivity contribution in [1.29, 1.82) is 0 Å². The Kier molecular flexibility index (Phi) is 6.19. The number of nitrogens with zero attached hydrogens (tertiary/aromatic N) is 3. The topological polar surface area (TPSA) is 50.9 Å². The summed E-state index contributed by atoms with van der Waals surface area (Å²) in [5, 5.41) is 10.6. The monoisotopic (exact) mass is 379 g/mol. The second-order valence-electron chi connectivity index (χ2n) is 8.08. The minimum atomic E-state index is 0.215. The molecule has 0 aliphatic carbocycles. The van der Waals surface area contributed by atoms with Gasteiger partial charge in [0.2, 0.25) is 0 Å². The van der Waals surface area contributed by atoms with E-state index in [9.17, 15) is 5.11 Å². The Hall–Kier alpha value is -2.20. The first-order valence-corrected chi connectivity index (χ1v) is 10.5. The van der Waals surface area contributed by atoms with Crippen LogP contribution in [0.15, 0.2) is 24.4 Å². The van der Waals surface area contributed by atoms with E-state index in [0.29, 0.717) is 11.8 Å². The van der Waals surface area contributed by atoms with Crippen LogP contribution < -0.4 is 0 Å². The second-order valence-corrected chi connectivity index (χ2v) is 8.08. The number of pyridine rings is 2. The molecule has 3 heterocycles. The van der Waals surface area contributed by atoms with Crippen molar-refractivity contribution in [2.75, 3.05) is 6.61 Å². The standard InChI is InChI=1S/C24H33N3O/c1-7-17(11-12-28)20-14-27(6)24-19(20)13-16(5)23(26-24)18-9-10-22(15(3)4)25-21(18)8-2/h9-10,13-15,17,28H,7-8,11-12H2,1-6H3/t17-/m0/s1. The van der Waals surface area contributed by atoms with Crippen molar-refractivity contribution in [3.8, 4) is 11.3 Å². The summed E-state index contributed by atoms with van der Waals surface area (Å²) in [6.45, 7) is 11.1. The van der Waals surface area contributed by atoms with Gasteiger partial charge < -0.3 is 9.67 Å². The first-order chi connectivity index (χ1) is 13.4. The van der Waals surface area contributed by atoms with Gasteiger partial charge in [-0.05, 0) is 67.3 Å². The first-order valence-electron chi connectivity index (χ1n) is 10.5. The maximum absolute atomic E-state index is 9.44. The molecule has 150 valence electrons. The Labute approximate surface area is 168 Å². The van der Waals surface area contributed by atoms with E-state index < -0.39 is 0 Å². The van der Waals surface area contributed by atoms with Gasteiger partial charge in [0.25, 0.3) is 0 Å². The summed E-state index contributed by atoms with van der Waals surface area (Å²) in [5.74, 6) is 0.780. The average Bonchev–Trinajstić information content (AvgIpc) is 3.00. The molecule has 0 radical (unpaired) electrons. The number of rotatable bonds is 7. The zero-order chi connectivity index (χ0) is 20.4. The third-order valence-corrected chi connectivity index (χ3v) is 5.76. The van der Waals surface area contributed by atoms with Crippen molar-refractivity contribution in [1.82, 2.24) is 14.5 Å². The van der Waals surface area contributed by atoms with Crippen molar-refractivity contribution in [2.24, 2.45) is 7.05 Å². The van der Waals surface area contributed by atoms with Gasteiger partial charge in [-0.1, -0.05) is 27.7 Å². The van der Waals surface area contributed by atoms with Crippen LogP contribution in [0.2, 0.25) is 0 Å². The summed E-state index contributed by atoms with van der Waals surface area (Å²) in [7, 11) is 2.06. The van der Waals surface area contributed by atoms with Crippen molar-refractivity contribution in [3.05, 3.63) is 46.9 Å². The zero-order valence-electron chi connectivity index (χ0n) is 18.1. The Morgan fingerprint density at radius 1 is 1.14 bits per heavy atom. The molecule has 0 unspecified atom stereocenters. The Balaban J connectivity index is 2.17. The predicted octanol–water partition coefficient (Wildman–Crippen LogP) is 5.51. The SMILES string of the molecule is CCc1nc(C(C)C)ccc1-c1nc2c(cc1C)c([C@@H](CC)CCO)cn2C. The lowest BCUT2D eigenvalue weighted by molar-refractivity contribution is 0.274. The first kappa shape index (κ1) is 20.5. The van der Waals surface area contributed by atoms with Gasteiger partial charge in [-0.25, -0.2) is 4.98 Å². The van der Waals surface area contributed by atoms with Crippen LogP contribution in [0.4, 0.5) is 0 Å². The van der Waals surface area contributed by atoms with Gasteiger partial charge in [0.1, 0.15) is 5.65 Å². The maximum atomic E-state index is 9.44. The average molecular weight is 380 g/mol. The fraction of sp³-hybridized carbons (Fsp3) is 0.500. The summed E-state index contributed by atoms with van der Waals surface area (Å²) >= 11 is 0.